The van der Waals surface area contributed by atoms with Gasteiger partial charge in [-0.2, -0.15) is 0 Å². The van der Waals surface area contributed by atoms with Gasteiger partial charge >= 0.3 is 11.9 Å². The zero-order valence-corrected chi connectivity index (χ0v) is 17.5. The highest BCUT2D eigenvalue weighted by atomic mass is 16.5. The van der Waals surface area contributed by atoms with Crippen molar-refractivity contribution in [1.82, 2.24) is 0 Å². The molecule has 0 unspecified atom stereocenters. The Bertz CT molecular complexity index is 958. The summed E-state index contributed by atoms with van der Waals surface area (Å²) in [6, 6.07) is 28.6. The lowest BCUT2D eigenvalue weighted by atomic mass is 9.82. The number of carbonyl (C=O) groups excluding carboxylic acids is 2. The molecule has 0 spiro atoms. The predicted molar refractivity (Wildman–Crippen MR) is 118 cm³/mol. The molecule has 5 heteroatoms. The highest BCUT2D eigenvalue weighted by Gasteiger charge is 2.57. The molecule has 3 aromatic carbocycles. The Labute approximate surface area is 182 Å². The standard InChI is InChI=1S/C26H25NO4/c1-30-25(28)21-22(26(29)31-2)24(19-14-8-4-9-15-19)27(20-16-10-5-11-17-20)23(21)18-12-6-3-7-13-18/h3-17,21-24H,1-2H3/t21-,22+,23-,24+. The van der Waals surface area contributed by atoms with E-state index < -0.39 is 35.9 Å². The molecule has 0 radical (unpaired) electrons. The largest absolute Gasteiger partial charge is 0.469 e. The van der Waals surface area contributed by atoms with Crippen LogP contribution in [0.2, 0.25) is 0 Å². The molecule has 158 valence electrons. The molecule has 0 bridgehead atoms. The summed E-state index contributed by atoms with van der Waals surface area (Å²) in [5.74, 6) is -2.32. The molecule has 0 aliphatic carbocycles. The maximum Gasteiger partial charge on any atom is 0.312 e. The lowest BCUT2D eigenvalue weighted by molar-refractivity contribution is -0.157. The fourth-order valence-electron chi connectivity index (χ4n) is 4.69. The van der Waals surface area contributed by atoms with E-state index in [9.17, 15) is 9.59 Å². The van der Waals surface area contributed by atoms with Crippen LogP contribution >= 0.6 is 0 Å². The molecule has 31 heavy (non-hydrogen) atoms. The molecule has 4 atom stereocenters. The lowest BCUT2D eigenvalue weighted by Crippen LogP contribution is -2.32. The van der Waals surface area contributed by atoms with Crippen molar-refractivity contribution in [3.63, 3.8) is 0 Å². The summed E-state index contributed by atoms with van der Waals surface area (Å²) in [7, 11) is 2.73. The van der Waals surface area contributed by atoms with E-state index >= 15 is 0 Å². The van der Waals surface area contributed by atoms with E-state index in [0.29, 0.717) is 0 Å². The summed E-state index contributed by atoms with van der Waals surface area (Å²) >= 11 is 0. The van der Waals surface area contributed by atoms with E-state index in [0.717, 1.165) is 16.8 Å². The van der Waals surface area contributed by atoms with E-state index in [4.69, 9.17) is 9.47 Å². The molecule has 1 aliphatic rings. The normalized spacial score (nSPS) is 22.7. The number of nitrogens with zero attached hydrogens (tertiary/aromatic N) is 1. The number of ether oxygens (including phenoxy) is 2. The first-order valence-electron chi connectivity index (χ1n) is 10.3. The lowest BCUT2D eigenvalue weighted by Gasteiger charge is -2.34. The number of carbonyl (C=O) groups is 2. The Kier molecular flexibility index (Phi) is 6.03. The van der Waals surface area contributed by atoms with Gasteiger partial charge in [-0.05, 0) is 23.3 Å². The minimum atomic E-state index is -0.731. The molecule has 0 N–H and O–H groups in total. The maximum atomic E-state index is 13.1. The van der Waals surface area contributed by atoms with Gasteiger partial charge in [-0.1, -0.05) is 78.9 Å². The van der Waals surface area contributed by atoms with Crippen LogP contribution in [0.5, 0.6) is 0 Å². The van der Waals surface area contributed by atoms with Crippen LogP contribution in [0.15, 0.2) is 91.0 Å². The minimum Gasteiger partial charge on any atom is -0.469 e. The average molecular weight is 415 g/mol. The summed E-state index contributed by atoms with van der Waals surface area (Å²) in [6.45, 7) is 0. The minimum absolute atomic E-state index is 0.398. The van der Waals surface area contributed by atoms with Crippen molar-refractivity contribution >= 4 is 17.6 Å². The van der Waals surface area contributed by atoms with E-state index in [1.54, 1.807) is 0 Å². The first kappa shape index (κ1) is 20.7. The van der Waals surface area contributed by atoms with Crippen molar-refractivity contribution in [1.29, 1.82) is 0 Å². The highest BCUT2D eigenvalue weighted by Crippen LogP contribution is 2.54. The molecule has 0 amide bonds. The number of para-hydroxylation sites is 1. The molecular formula is C26H25NO4. The number of anilines is 1. The number of benzene rings is 3. The fourth-order valence-corrected chi connectivity index (χ4v) is 4.69. The smallest absolute Gasteiger partial charge is 0.312 e. The molecule has 0 aromatic heterocycles. The Balaban J connectivity index is 1.99. The molecule has 1 aliphatic heterocycles. The van der Waals surface area contributed by atoms with Gasteiger partial charge in [0.2, 0.25) is 0 Å². The number of rotatable bonds is 5. The van der Waals surface area contributed by atoms with Crippen molar-refractivity contribution in [3.8, 4) is 0 Å². The highest BCUT2D eigenvalue weighted by molar-refractivity contribution is 5.86. The second-order valence-electron chi connectivity index (χ2n) is 7.55. The molecule has 5 nitrogen and oxygen atoms in total. The van der Waals surface area contributed by atoms with Crippen molar-refractivity contribution in [3.05, 3.63) is 102 Å². The third kappa shape index (κ3) is 3.79. The first-order valence-corrected chi connectivity index (χ1v) is 10.3. The van der Waals surface area contributed by atoms with E-state index in [2.05, 4.69) is 4.90 Å². The molecule has 1 saturated heterocycles. The van der Waals surface area contributed by atoms with Gasteiger partial charge in [0.15, 0.2) is 0 Å². The summed E-state index contributed by atoms with van der Waals surface area (Å²) in [5, 5.41) is 0. The van der Waals surface area contributed by atoms with E-state index in [1.165, 1.54) is 14.2 Å². The Hall–Kier alpha value is -3.60. The number of esters is 2. The Morgan fingerprint density at radius 2 is 0.968 bits per heavy atom. The quantitative estimate of drug-likeness (QED) is 0.572. The van der Waals surface area contributed by atoms with Crippen LogP contribution in [0.3, 0.4) is 0 Å². The summed E-state index contributed by atoms with van der Waals surface area (Å²) in [4.78, 5) is 28.4. The predicted octanol–water partition coefficient (Wildman–Crippen LogP) is 4.57. The average Bonchev–Trinajstić information content (AvgIpc) is 3.21. The maximum absolute atomic E-state index is 13.1. The molecule has 3 aromatic rings. The van der Waals surface area contributed by atoms with Gasteiger partial charge in [0.25, 0.3) is 0 Å². The SMILES string of the molecule is COC(=O)[C@@H]1[C@H](C(=O)OC)[C@H](c2ccccc2)N(c2ccccc2)[C@@H]1c1ccccc1. The molecule has 0 saturated carbocycles. The number of methoxy groups -OCH3 is 2. The van der Waals surface area contributed by atoms with Gasteiger partial charge in [-0.15, -0.1) is 0 Å². The van der Waals surface area contributed by atoms with Crippen LogP contribution in [0.4, 0.5) is 5.69 Å². The third-order valence-electron chi connectivity index (χ3n) is 5.95. The summed E-state index contributed by atoms with van der Waals surface area (Å²) in [5.41, 5.74) is 2.80. The van der Waals surface area contributed by atoms with Gasteiger partial charge in [0, 0.05) is 5.69 Å². The number of hydrogen-bond donors (Lipinski definition) is 0. The zero-order chi connectivity index (χ0) is 21.8. The van der Waals surface area contributed by atoms with Crippen LogP contribution in [-0.2, 0) is 19.1 Å². The molecular weight excluding hydrogens is 390 g/mol. The van der Waals surface area contributed by atoms with Crippen molar-refractivity contribution in [2.45, 2.75) is 12.1 Å². The van der Waals surface area contributed by atoms with Crippen LogP contribution in [-0.4, -0.2) is 26.2 Å². The van der Waals surface area contributed by atoms with Gasteiger partial charge in [-0.25, -0.2) is 0 Å². The summed E-state index contributed by atoms with van der Waals surface area (Å²) < 4.78 is 10.4. The van der Waals surface area contributed by atoms with Gasteiger partial charge in [-0.3, -0.25) is 9.59 Å². The fraction of sp³-hybridized carbons (Fsp3) is 0.231. The first-order chi connectivity index (χ1) is 15.2. The van der Waals surface area contributed by atoms with Crippen LogP contribution in [0.1, 0.15) is 23.2 Å². The Morgan fingerprint density at radius 1 is 0.613 bits per heavy atom. The third-order valence-corrected chi connectivity index (χ3v) is 5.95. The van der Waals surface area contributed by atoms with E-state index in [-0.39, 0.29) is 0 Å². The van der Waals surface area contributed by atoms with Gasteiger partial charge < -0.3 is 14.4 Å². The van der Waals surface area contributed by atoms with Gasteiger partial charge in [0.05, 0.1) is 38.1 Å². The molecule has 1 heterocycles. The van der Waals surface area contributed by atoms with Crippen molar-refractivity contribution in [2.24, 2.45) is 11.8 Å². The molecule has 1 fully saturated rings. The topological polar surface area (TPSA) is 55.8 Å². The second kappa shape index (κ2) is 9.04. The Morgan fingerprint density at radius 3 is 1.32 bits per heavy atom. The van der Waals surface area contributed by atoms with Crippen molar-refractivity contribution in [2.75, 3.05) is 19.1 Å². The van der Waals surface area contributed by atoms with Gasteiger partial charge in [0.1, 0.15) is 0 Å². The monoisotopic (exact) mass is 415 g/mol. The summed E-state index contributed by atoms with van der Waals surface area (Å²) in [6.07, 6.45) is 0. The second-order valence-corrected chi connectivity index (χ2v) is 7.55. The molecule has 4 rings (SSSR count). The van der Waals surface area contributed by atoms with Crippen molar-refractivity contribution < 1.29 is 19.1 Å². The van der Waals surface area contributed by atoms with Crippen LogP contribution in [0.25, 0.3) is 0 Å². The van der Waals surface area contributed by atoms with Crippen LogP contribution in [0, 0.1) is 11.8 Å². The number of hydrogen-bond acceptors (Lipinski definition) is 5. The van der Waals surface area contributed by atoms with Crippen LogP contribution < -0.4 is 4.90 Å². The van der Waals surface area contributed by atoms with E-state index in [1.807, 2.05) is 91.0 Å². The zero-order valence-electron chi connectivity index (χ0n) is 17.5.